The summed E-state index contributed by atoms with van der Waals surface area (Å²) >= 11 is 6.36. The summed E-state index contributed by atoms with van der Waals surface area (Å²) in [6.07, 6.45) is 2.52. The molecule has 0 aliphatic rings. The maximum atomic E-state index is 12.8. The van der Waals surface area contributed by atoms with E-state index in [1.807, 2.05) is 0 Å². The van der Waals surface area contributed by atoms with Gasteiger partial charge in [0.1, 0.15) is 20.3 Å². The van der Waals surface area contributed by atoms with Crippen molar-refractivity contribution in [3.05, 3.63) is 57.0 Å². The Kier molecular flexibility index (Phi) is 14.0. The molecule has 0 amide bonds. The second-order valence-electron chi connectivity index (χ2n) is 8.20. The summed E-state index contributed by atoms with van der Waals surface area (Å²) < 4.78 is 68.9. The maximum absolute atomic E-state index is 12.8. The molecule has 0 atom stereocenters. The lowest BCUT2D eigenvalue weighted by atomic mass is 10.2. The molecule has 0 radical (unpaired) electrons. The fourth-order valence-corrected chi connectivity index (χ4v) is 4.12. The molecule has 0 bridgehead atoms. The fraction of sp³-hybridized carbons (Fsp3) is 0.385. The SMILES string of the molecule is C.C.C.CC(F)(F)COc1ccc2c(C(=O)O)cnn2c1Br.COC(=O)c1cnn2c(Br)c(OCC(C)(F)F)ccc12. The van der Waals surface area contributed by atoms with Crippen LogP contribution in [0, 0.1) is 0 Å². The predicted molar refractivity (Wildman–Crippen MR) is 157 cm³/mol. The topological polar surface area (TPSA) is 117 Å². The first-order chi connectivity index (χ1) is 18.1. The lowest BCUT2D eigenvalue weighted by molar-refractivity contribution is -0.0237. The first-order valence-corrected chi connectivity index (χ1v) is 12.4. The minimum atomic E-state index is -2.95. The molecule has 1 N–H and O–H groups in total. The molecular formula is C26H32Br2F4N4O6. The molecular weight excluding hydrogens is 700 g/mol. The summed E-state index contributed by atoms with van der Waals surface area (Å²) in [4.78, 5) is 22.5. The molecule has 0 saturated carbocycles. The van der Waals surface area contributed by atoms with Gasteiger partial charge in [-0.15, -0.1) is 0 Å². The highest BCUT2D eigenvalue weighted by molar-refractivity contribution is 9.10. The summed E-state index contributed by atoms with van der Waals surface area (Å²) in [5.41, 5.74) is 1.13. The van der Waals surface area contributed by atoms with Gasteiger partial charge in [0.05, 0.1) is 30.5 Å². The van der Waals surface area contributed by atoms with E-state index in [2.05, 4.69) is 46.8 Å². The standard InChI is InChI=1S/C12H11BrF2N2O3.C11H9BrF2N2O3.3CH4/c1-12(14,15)6-20-9-4-3-8-7(11(18)19-2)5-16-17(8)10(9)13;1-11(13,14)5-19-8-3-2-7-6(10(17)18)4-15-16(7)9(8)12;;;/h3-5H,6H2,1-2H3;2-4H,5H2,1H3,(H,17,18);3*1H4. The van der Waals surface area contributed by atoms with Crippen LogP contribution in [0.5, 0.6) is 11.5 Å². The molecule has 10 nitrogen and oxygen atoms in total. The van der Waals surface area contributed by atoms with Gasteiger partial charge in [0.2, 0.25) is 0 Å². The molecule has 4 rings (SSSR count). The van der Waals surface area contributed by atoms with Gasteiger partial charge in [-0.3, -0.25) is 0 Å². The number of carboxylic acid groups (broad SMARTS) is 1. The Hall–Kier alpha value is -3.40. The number of aromatic carboxylic acids is 1. The molecule has 16 heteroatoms. The van der Waals surface area contributed by atoms with Gasteiger partial charge in [0.15, 0.2) is 24.7 Å². The van der Waals surface area contributed by atoms with Crippen molar-refractivity contribution in [1.29, 1.82) is 0 Å². The number of hydrogen-bond acceptors (Lipinski definition) is 7. The van der Waals surface area contributed by atoms with E-state index >= 15 is 0 Å². The van der Waals surface area contributed by atoms with Crippen LogP contribution < -0.4 is 9.47 Å². The number of halogens is 6. The van der Waals surface area contributed by atoms with Crippen molar-refractivity contribution in [3.63, 3.8) is 0 Å². The molecule has 4 heterocycles. The zero-order valence-electron chi connectivity index (χ0n) is 20.4. The zero-order valence-corrected chi connectivity index (χ0v) is 23.6. The van der Waals surface area contributed by atoms with E-state index in [1.165, 1.54) is 46.7 Å². The van der Waals surface area contributed by atoms with Crippen LogP contribution in [0.4, 0.5) is 17.6 Å². The summed E-state index contributed by atoms with van der Waals surface area (Å²) in [6, 6.07) is 5.90. The second kappa shape index (κ2) is 15.2. The van der Waals surface area contributed by atoms with Crippen LogP contribution >= 0.6 is 31.9 Å². The average molecular weight is 732 g/mol. The van der Waals surface area contributed by atoms with E-state index in [0.717, 1.165) is 13.8 Å². The van der Waals surface area contributed by atoms with E-state index in [9.17, 15) is 27.2 Å². The maximum Gasteiger partial charge on any atom is 0.341 e. The van der Waals surface area contributed by atoms with Crippen molar-refractivity contribution in [2.45, 2.75) is 48.0 Å². The van der Waals surface area contributed by atoms with E-state index in [4.69, 9.17) is 14.6 Å². The van der Waals surface area contributed by atoms with E-state index in [0.29, 0.717) is 15.6 Å². The number of pyridine rings is 2. The molecule has 0 fully saturated rings. The predicted octanol–water partition coefficient (Wildman–Crippen LogP) is 7.65. The first kappa shape index (κ1) is 38.6. The van der Waals surface area contributed by atoms with Gasteiger partial charge in [-0.25, -0.2) is 36.2 Å². The van der Waals surface area contributed by atoms with Gasteiger partial charge in [-0.05, 0) is 56.1 Å². The van der Waals surface area contributed by atoms with Gasteiger partial charge in [0, 0.05) is 13.8 Å². The van der Waals surface area contributed by atoms with Crippen LogP contribution in [-0.2, 0) is 4.74 Å². The lowest BCUT2D eigenvalue weighted by Gasteiger charge is -2.13. The summed E-state index contributed by atoms with van der Waals surface area (Å²) in [6.45, 7) is -0.00895. The van der Waals surface area contributed by atoms with Crippen LogP contribution in [0.2, 0.25) is 0 Å². The monoisotopic (exact) mass is 730 g/mol. The van der Waals surface area contributed by atoms with Crippen molar-refractivity contribution in [2.75, 3.05) is 20.3 Å². The number of carbonyl (C=O) groups is 2. The highest BCUT2D eigenvalue weighted by Gasteiger charge is 2.25. The lowest BCUT2D eigenvalue weighted by Crippen LogP contribution is -2.21. The molecule has 4 aromatic rings. The Morgan fingerprint density at radius 3 is 1.55 bits per heavy atom. The molecule has 0 unspecified atom stereocenters. The van der Waals surface area contributed by atoms with Crippen molar-refractivity contribution >= 4 is 54.8 Å². The zero-order chi connectivity index (χ0) is 29.1. The number of esters is 1. The third-order valence-electron chi connectivity index (χ3n) is 4.77. The van der Waals surface area contributed by atoms with Gasteiger partial charge in [-0.1, -0.05) is 22.3 Å². The van der Waals surface area contributed by atoms with Crippen molar-refractivity contribution < 1.29 is 46.5 Å². The van der Waals surface area contributed by atoms with Crippen LogP contribution in [0.25, 0.3) is 11.0 Å². The Morgan fingerprint density at radius 2 is 1.19 bits per heavy atom. The van der Waals surface area contributed by atoms with Crippen LogP contribution in [0.3, 0.4) is 0 Å². The van der Waals surface area contributed by atoms with Crippen molar-refractivity contribution in [1.82, 2.24) is 19.2 Å². The molecule has 0 aliphatic carbocycles. The molecule has 0 saturated heterocycles. The number of rotatable bonds is 8. The Labute approximate surface area is 256 Å². The third kappa shape index (κ3) is 9.31. The molecule has 0 aliphatic heterocycles. The average Bonchev–Trinajstić information content (AvgIpc) is 3.47. The highest BCUT2D eigenvalue weighted by Crippen LogP contribution is 2.30. The number of carbonyl (C=O) groups excluding carboxylic acids is 1. The summed E-state index contributed by atoms with van der Waals surface area (Å²) in [5.74, 6) is -7.16. The van der Waals surface area contributed by atoms with Gasteiger partial charge in [0.25, 0.3) is 11.8 Å². The number of carboxylic acids is 1. The van der Waals surface area contributed by atoms with Crippen molar-refractivity contribution in [3.8, 4) is 11.5 Å². The van der Waals surface area contributed by atoms with Gasteiger partial charge < -0.3 is 19.3 Å². The number of hydrogen-bond donors (Lipinski definition) is 1. The largest absolute Gasteiger partial charge is 0.484 e. The quantitative estimate of drug-likeness (QED) is 0.112. The smallest absolute Gasteiger partial charge is 0.341 e. The molecule has 234 valence electrons. The number of fused-ring (bicyclic) bond motifs is 2. The Balaban J connectivity index is 0.000000748. The number of alkyl halides is 4. The normalized spacial score (nSPS) is 10.9. The molecule has 0 aromatic carbocycles. The van der Waals surface area contributed by atoms with Gasteiger partial charge in [-0.2, -0.15) is 10.2 Å². The third-order valence-corrected chi connectivity index (χ3v) is 6.23. The fourth-order valence-electron chi connectivity index (χ4n) is 3.06. The van der Waals surface area contributed by atoms with Crippen LogP contribution in [0.15, 0.2) is 45.9 Å². The van der Waals surface area contributed by atoms with E-state index in [-0.39, 0.29) is 49.5 Å². The number of ether oxygens (including phenoxy) is 3. The number of aromatic nitrogens is 4. The first-order valence-electron chi connectivity index (χ1n) is 10.8. The summed E-state index contributed by atoms with van der Waals surface area (Å²) in [5, 5.41) is 16.8. The molecule has 42 heavy (non-hydrogen) atoms. The van der Waals surface area contributed by atoms with Crippen LogP contribution in [0.1, 0.15) is 56.8 Å². The number of nitrogens with zero attached hydrogens (tertiary/aromatic N) is 4. The molecule has 4 aromatic heterocycles. The van der Waals surface area contributed by atoms with E-state index < -0.39 is 37.0 Å². The number of methoxy groups -OCH3 is 1. The van der Waals surface area contributed by atoms with Crippen molar-refractivity contribution in [2.24, 2.45) is 0 Å². The highest BCUT2D eigenvalue weighted by atomic mass is 79.9. The van der Waals surface area contributed by atoms with Crippen LogP contribution in [-0.4, -0.2) is 68.4 Å². The second-order valence-corrected chi connectivity index (χ2v) is 9.70. The minimum Gasteiger partial charge on any atom is -0.484 e. The summed E-state index contributed by atoms with van der Waals surface area (Å²) in [7, 11) is 1.27. The Bertz CT molecular complexity index is 1520. The molecule has 0 spiro atoms. The Morgan fingerprint density at radius 1 is 0.810 bits per heavy atom. The van der Waals surface area contributed by atoms with E-state index in [1.54, 1.807) is 6.07 Å². The van der Waals surface area contributed by atoms with Gasteiger partial charge >= 0.3 is 11.9 Å². The minimum absolute atomic E-state index is 0.